The number of anilines is 1. The summed E-state index contributed by atoms with van der Waals surface area (Å²) in [6, 6.07) is 9.40. The molecule has 0 fully saturated rings. The molecule has 1 aliphatic carbocycles. The topological polar surface area (TPSA) is 138 Å². The lowest BCUT2D eigenvalue weighted by Crippen LogP contribution is -2.35. The van der Waals surface area contributed by atoms with Crippen LogP contribution >= 0.6 is 0 Å². The molecule has 11 heteroatoms. The van der Waals surface area contributed by atoms with Gasteiger partial charge in [0.05, 0.1) is 18.8 Å². The number of phenols is 1. The van der Waals surface area contributed by atoms with Gasteiger partial charge in [-0.1, -0.05) is 49.4 Å². The molecule has 0 radical (unpaired) electrons. The molecule has 4 aromatic rings. The number of benzene rings is 2. The molecule has 0 amide bonds. The summed E-state index contributed by atoms with van der Waals surface area (Å²) in [6.45, 7) is 6.82. The monoisotopic (exact) mass is 813 g/mol. The van der Waals surface area contributed by atoms with Crippen molar-refractivity contribution in [1.82, 2.24) is 20.2 Å². The Morgan fingerprint density at radius 2 is 1.90 bits per heavy atom. The van der Waals surface area contributed by atoms with Crippen molar-refractivity contribution in [3.8, 4) is 11.5 Å². The van der Waals surface area contributed by atoms with Crippen LogP contribution in [0.4, 0.5) is 5.69 Å². The van der Waals surface area contributed by atoms with Crippen LogP contribution in [0.3, 0.4) is 0 Å². The van der Waals surface area contributed by atoms with Crippen LogP contribution in [0.1, 0.15) is 87.6 Å². The van der Waals surface area contributed by atoms with Crippen molar-refractivity contribution in [3.63, 3.8) is 0 Å². The highest BCUT2D eigenvalue weighted by atomic mass is 16.5. The molecular formula is C49H59N5O6. The number of carbonyl (C=O) groups excluding carboxylic acids is 3. The fraction of sp³-hybridized carbons (Fsp3) is 0.408. The van der Waals surface area contributed by atoms with Gasteiger partial charge in [-0.15, -0.1) is 0 Å². The highest BCUT2D eigenvalue weighted by molar-refractivity contribution is 5.95. The third kappa shape index (κ3) is 9.47. The number of aromatic hydroxyl groups is 1. The van der Waals surface area contributed by atoms with Crippen LogP contribution < -0.4 is 20.3 Å². The Morgan fingerprint density at radius 3 is 2.67 bits per heavy atom. The number of nitrogens with zero attached hydrogens (tertiary/aromatic N) is 2. The normalized spacial score (nSPS) is 22.4. The van der Waals surface area contributed by atoms with E-state index in [-0.39, 0.29) is 41.5 Å². The number of dihydropyridines is 1. The van der Waals surface area contributed by atoms with E-state index in [9.17, 15) is 19.5 Å². The quantitative estimate of drug-likeness (QED) is 0.130. The van der Waals surface area contributed by atoms with Gasteiger partial charge >= 0.3 is 5.97 Å². The van der Waals surface area contributed by atoms with Gasteiger partial charge in [0, 0.05) is 86.9 Å². The summed E-state index contributed by atoms with van der Waals surface area (Å²) < 4.78 is 13.7. The molecule has 2 aliphatic heterocycles. The molecule has 0 saturated heterocycles. The number of hydrogen-bond donors (Lipinski definition) is 4. The van der Waals surface area contributed by atoms with E-state index in [0.29, 0.717) is 43.8 Å². The smallest absolute Gasteiger partial charge is 0.302 e. The van der Waals surface area contributed by atoms with Crippen LogP contribution in [0.25, 0.3) is 10.8 Å². The predicted octanol–water partition coefficient (Wildman–Crippen LogP) is 8.15. The Labute approximate surface area is 353 Å². The molecule has 0 saturated carbocycles. The SMILES string of the molecule is CNCc1cc(C2CC(=O)CC(OC(C)=O)CCC3(C=CC=CC3C)Cc3c[nH]cc3CCC3=CCNC(=C3)N(CCC(C)=O)c3cccc4cn2cc34)cc(OC)c1O. The predicted molar refractivity (Wildman–Crippen MR) is 236 cm³/mol. The van der Waals surface area contributed by atoms with Gasteiger partial charge in [0.25, 0.3) is 0 Å². The Hall–Kier alpha value is -5.81. The van der Waals surface area contributed by atoms with Crippen molar-refractivity contribution in [2.75, 3.05) is 32.1 Å². The number of rotatable bonds is 8. The Kier molecular flexibility index (Phi) is 13.1. The van der Waals surface area contributed by atoms with E-state index >= 15 is 0 Å². The van der Waals surface area contributed by atoms with Crippen LogP contribution in [0.5, 0.6) is 11.5 Å². The van der Waals surface area contributed by atoms with Gasteiger partial charge in [-0.3, -0.25) is 14.4 Å². The number of ether oxygens (including phenoxy) is 2. The second-order valence-electron chi connectivity index (χ2n) is 16.7. The lowest BCUT2D eigenvalue weighted by atomic mass is 9.66. The fourth-order valence-corrected chi connectivity index (χ4v) is 9.22. The molecule has 11 nitrogen and oxygen atoms in total. The standard InChI is InChI=1S/C49H59N5O6/c1-32-9-6-7-17-49(32)18-14-42(60-34(3)56)24-41(57)25-45(38-22-39(27-50-4)48(58)46(23-38)59-5)53-30-37-10-8-11-44(43(37)31-53)54(20-16-33(2)55)47-21-35(15-19-52-47)12-13-36-28-51-29-40(36)26-49/h6-11,15,17,21-23,28-32,42,45,50-52,58H,12-14,16,18-20,24-27H2,1-5H3. The number of allylic oxidation sites excluding steroid dienone is 6. The second kappa shape index (κ2) is 18.6. The van der Waals surface area contributed by atoms with Crippen molar-refractivity contribution < 1.29 is 29.0 Å². The van der Waals surface area contributed by atoms with Gasteiger partial charge in [0.2, 0.25) is 0 Å². The number of phenolic OH excluding ortho intramolecular Hbond substituents is 1. The van der Waals surface area contributed by atoms with Gasteiger partial charge < -0.3 is 39.7 Å². The van der Waals surface area contributed by atoms with Crippen LogP contribution in [-0.2, 0) is 38.5 Å². The maximum absolute atomic E-state index is 14.5. The summed E-state index contributed by atoms with van der Waals surface area (Å²) >= 11 is 0. The fourth-order valence-electron chi connectivity index (χ4n) is 9.22. The first-order chi connectivity index (χ1) is 29.0. The zero-order valence-corrected chi connectivity index (χ0v) is 35.6. The third-order valence-electron chi connectivity index (χ3n) is 12.5. The Morgan fingerprint density at radius 1 is 1.07 bits per heavy atom. The number of aromatic nitrogens is 2. The number of hydrogen-bond acceptors (Lipinski definition) is 9. The zero-order valence-electron chi connectivity index (χ0n) is 35.6. The Balaban J connectivity index is 1.37. The first-order valence-corrected chi connectivity index (χ1v) is 21.2. The van der Waals surface area contributed by atoms with E-state index in [4.69, 9.17) is 9.47 Å². The summed E-state index contributed by atoms with van der Waals surface area (Å²) in [5.74, 6) is 1.15. The number of ketones is 2. The molecule has 4 atom stereocenters. The van der Waals surface area contributed by atoms with Gasteiger partial charge in [0.1, 0.15) is 23.5 Å². The Bertz CT molecular complexity index is 2350. The highest BCUT2D eigenvalue weighted by Gasteiger charge is 2.36. The molecule has 4 heterocycles. The van der Waals surface area contributed by atoms with Crippen LogP contribution in [0.15, 0.2) is 103 Å². The molecule has 7 rings (SSSR count). The number of aromatic amines is 1. The summed E-state index contributed by atoms with van der Waals surface area (Å²) in [6.07, 6.45) is 25.3. The van der Waals surface area contributed by atoms with Crippen LogP contribution in [0.2, 0.25) is 0 Å². The first-order valence-electron chi connectivity index (χ1n) is 21.2. The minimum atomic E-state index is -0.607. The number of esters is 1. The van der Waals surface area contributed by atoms with E-state index < -0.39 is 18.1 Å². The van der Waals surface area contributed by atoms with E-state index in [1.807, 2.05) is 19.2 Å². The summed E-state index contributed by atoms with van der Waals surface area (Å²) in [5, 5.41) is 19.8. The average molecular weight is 814 g/mol. The maximum atomic E-state index is 14.5. The van der Waals surface area contributed by atoms with Crippen molar-refractivity contribution in [1.29, 1.82) is 0 Å². The average Bonchev–Trinajstić information content (AvgIpc) is 3.87. The number of Topliss-reactive ketones (excluding diaryl/α,β-unsaturated/α-hetero) is 2. The number of carbonyl (C=O) groups is 3. The lowest BCUT2D eigenvalue weighted by molar-refractivity contribution is -0.148. The van der Waals surface area contributed by atoms with Gasteiger partial charge in [-0.25, -0.2) is 0 Å². The molecule has 2 aromatic carbocycles. The van der Waals surface area contributed by atoms with Crippen LogP contribution in [-0.4, -0.2) is 65.5 Å². The first kappa shape index (κ1) is 42.3. The van der Waals surface area contributed by atoms with Gasteiger partial charge in [-0.2, -0.15) is 0 Å². The second-order valence-corrected chi connectivity index (χ2v) is 16.7. The number of nitrogens with one attached hydrogen (secondary N) is 3. The molecule has 1 spiro atoms. The third-order valence-corrected chi connectivity index (χ3v) is 12.5. The van der Waals surface area contributed by atoms with E-state index in [1.165, 1.54) is 30.7 Å². The van der Waals surface area contributed by atoms with Crippen molar-refractivity contribution in [3.05, 3.63) is 125 Å². The molecule has 316 valence electrons. The highest BCUT2D eigenvalue weighted by Crippen LogP contribution is 2.44. The van der Waals surface area contributed by atoms with Gasteiger partial charge in [-0.05, 0) is 104 Å². The van der Waals surface area contributed by atoms with Gasteiger partial charge in [0.15, 0.2) is 11.5 Å². The molecule has 3 aliphatic rings. The van der Waals surface area contributed by atoms with E-state index in [2.05, 4.69) is 105 Å². The number of H-pyrrole nitrogens is 1. The zero-order chi connectivity index (χ0) is 42.4. The minimum Gasteiger partial charge on any atom is -0.504 e. The largest absolute Gasteiger partial charge is 0.504 e. The van der Waals surface area contributed by atoms with Crippen molar-refractivity contribution in [2.24, 2.45) is 11.3 Å². The molecule has 4 unspecified atom stereocenters. The lowest BCUT2D eigenvalue weighted by Gasteiger charge is -2.38. The summed E-state index contributed by atoms with van der Waals surface area (Å²) in [5.41, 5.74) is 5.89. The molecule has 4 N–H and O–H groups in total. The number of aryl methyl sites for hydroxylation is 1. The minimum absolute atomic E-state index is 0.0452. The molecular weight excluding hydrogens is 755 g/mol. The summed E-state index contributed by atoms with van der Waals surface area (Å²) in [7, 11) is 3.34. The van der Waals surface area contributed by atoms with E-state index in [1.54, 1.807) is 13.0 Å². The maximum Gasteiger partial charge on any atom is 0.302 e. The van der Waals surface area contributed by atoms with E-state index in [0.717, 1.165) is 53.5 Å². The molecule has 2 aromatic heterocycles. The van der Waals surface area contributed by atoms with Crippen molar-refractivity contribution in [2.45, 2.75) is 90.8 Å². The summed E-state index contributed by atoms with van der Waals surface area (Å²) in [4.78, 5) is 45.2. The van der Waals surface area contributed by atoms with Crippen LogP contribution in [0, 0.1) is 11.3 Å². The number of methoxy groups -OCH3 is 1. The number of fused-ring (bicyclic) bond motifs is 3. The van der Waals surface area contributed by atoms with Crippen molar-refractivity contribution >= 4 is 34.0 Å². The molecule has 4 bridgehead atoms. The molecule has 60 heavy (non-hydrogen) atoms.